The van der Waals surface area contributed by atoms with Gasteiger partial charge in [-0.15, -0.1) is 11.6 Å². The zero-order valence-electron chi connectivity index (χ0n) is 8.16. The third-order valence-corrected chi connectivity index (χ3v) is 2.16. The molecule has 0 radical (unpaired) electrons. The Morgan fingerprint density at radius 3 is 2.77 bits per heavy atom. The minimum atomic E-state index is 0.458. The first-order chi connectivity index (χ1) is 6.13. The lowest BCUT2D eigenvalue weighted by molar-refractivity contribution is 0.652. The smallest absolute Gasteiger partial charge is 0.105 e. The Bertz CT molecular complexity index is 302. The van der Waals surface area contributed by atoms with Crippen LogP contribution < -0.4 is 0 Å². The fraction of sp³-hybridized carbons (Fsp3) is 0.556. The maximum atomic E-state index is 5.80. The van der Waals surface area contributed by atoms with Gasteiger partial charge < -0.3 is 0 Å². The SMILES string of the molecule is CC(C)/C(=C/c1cnn(C)n1)CCl. The van der Waals surface area contributed by atoms with E-state index in [1.54, 1.807) is 13.2 Å². The molecular weight excluding hydrogens is 186 g/mol. The van der Waals surface area contributed by atoms with Crippen molar-refractivity contribution in [1.82, 2.24) is 15.0 Å². The summed E-state index contributed by atoms with van der Waals surface area (Å²) in [7, 11) is 1.80. The van der Waals surface area contributed by atoms with Gasteiger partial charge in [-0.25, -0.2) is 0 Å². The number of halogens is 1. The van der Waals surface area contributed by atoms with Crippen LogP contribution in [-0.2, 0) is 7.05 Å². The van der Waals surface area contributed by atoms with Crippen LogP contribution in [0.2, 0.25) is 0 Å². The predicted octanol–water partition coefficient (Wildman–Crippen LogP) is 2.09. The third kappa shape index (κ3) is 2.84. The van der Waals surface area contributed by atoms with Gasteiger partial charge in [0.25, 0.3) is 0 Å². The highest BCUT2D eigenvalue weighted by Crippen LogP contribution is 2.14. The average molecular weight is 200 g/mol. The molecule has 0 atom stereocenters. The fourth-order valence-electron chi connectivity index (χ4n) is 0.977. The standard InChI is InChI=1S/C9H14ClN3/c1-7(2)8(5-10)4-9-6-11-13(3)12-9/h4,6-7H,5H2,1-3H3/b8-4+. The molecule has 0 aromatic carbocycles. The van der Waals surface area contributed by atoms with Crippen LogP contribution in [0.5, 0.6) is 0 Å². The van der Waals surface area contributed by atoms with Crippen LogP contribution in [0.25, 0.3) is 6.08 Å². The van der Waals surface area contributed by atoms with E-state index in [2.05, 4.69) is 24.0 Å². The van der Waals surface area contributed by atoms with E-state index in [-0.39, 0.29) is 0 Å². The normalized spacial score (nSPS) is 12.5. The highest BCUT2D eigenvalue weighted by molar-refractivity contribution is 6.19. The van der Waals surface area contributed by atoms with Gasteiger partial charge in [0, 0.05) is 12.9 Å². The first kappa shape index (κ1) is 10.3. The maximum absolute atomic E-state index is 5.80. The molecule has 0 aliphatic rings. The molecule has 0 amide bonds. The van der Waals surface area contributed by atoms with Gasteiger partial charge in [-0.3, -0.25) is 0 Å². The van der Waals surface area contributed by atoms with E-state index in [0.717, 1.165) is 5.69 Å². The second kappa shape index (κ2) is 4.42. The molecule has 0 aliphatic heterocycles. The van der Waals surface area contributed by atoms with Crippen molar-refractivity contribution in [3.8, 4) is 0 Å². The molecule has 0 spiro atoms. The molecule has 3 nitrogen and oxygen atoms in total. The molecule has 0 fully saturated rings. The van der Waals surface area contributed by atoms with Crippen molar-refractivity contribution in [3.63, 3.8) is 0 Å². The topological polar surface area (TPSA) is 30.7 Å². The quantitative estimate of drug-likeness (QED) is 0.698. The zero-order valence-corrected chi connectivity index (χ0v) is 8.91. The van der Waals surface area contributed by atoms with E-state index in [0.29, 0.717) is 11.8 Å². The second-order valence-electron chi connectivity index (χ2n) is 3.27. The van der Waals surface area contributed by atoms with Crippen molar-refractivity contribution >= 4 is 17.7 Å². The van der Waals surface area contributed by atoms with Gasteiger partial charge in [0.1, 0.15) is 5.69 Å². The number of nitrogens with zero attached hydrogens (tertiary/aromatic N) is 3. The molecule has 0 saturated heterocycles. The van der Waals surface area contributed by atoms with Crippen molar-refractivity contribution < 1.29 is 0 Å². The Balaban J connectivity index is 2.84. The average Bonchev–Trinajstić information content (AvgIpc) is 2.46. The minimum absolute atomic E-state index is 0.458. The van der Waals surface area contributed by atoms with Crippen LogP contribution in [0, 0.1) is 5.92 Å². The first-order valence-corrected chi connectivity index (χ1v) is 4.79. The molecule has 0 unspecified atom stereocenters. The summed E-state index contributed by atoms with van der Waals surface area (Å²) in [5, 5.41) is 8.13. The number of hydrogen-bond acceptors (Lipinski definition) is 2. The van der Waals surface area contributed by atoms with Gasteiger partial charge in [0.2, 0.25) is 0 Å². The highest BCUT2D eigenvalue weighted by Gasteiger charge is 2.03. The molecule has 1 aromatic heterocycles. The van der Waals surface area contributed by atoms with Gasteiger partial charge in [0.15, 0.2) is 0 Å². The molecule has 72 valence electrons. The molecular formula is C9H14ClN3. The monoisotopic (exact) mass is 199 g/mol. The number of aryl methyl sites for hydroxylation is 1. The number of rotatable bonds is 3. The van der Waals surface area contributed by atoms with E-state index in [9.17, 15) is 0 Å². The lowest BCUT2D eigenvalue weighted by Gasteiger charge is -2.05. The zero-order chi connectivity index (χ0) is 9.84. The number of aromatic nitrogens is 3. The van der Waals surface area contributed by atoms with E-state index >= 15 is 0 Å². The molecule has 4 heteroatoms. The number of alkyl halides is 1. The van der Waals surface area contributed by atoms with E-state index < -0.39 is 0 Å². The van der Waals surface area contributed by atoms with Crippen molar-refractivity contribution in [2.75, 3.05) is 5.88 Å². The Labute approximate surface area is 83.4 Å². The first-order valence-electron chi connectivity index (χ1n) is 4.26. The second-order valence-corrected chi connectivity index (χ2v) is 3.53. The molecule has 1 rings (SSSR count). The molecule has 1 heterocycles. The number of hydrogen-bond donors (Lipinski definition) is 0. The van der Waals surface area contributed by atoms with Crippen molar-refractivity contribution in [1.29, 1.82) is 0 Å². The molecule has 0 aliphatic carbocycles. The van der Waals surface area contributed by atoms with Crippen LogP contribution in [0.3, 0.4) is 0 Å². The molecule has 1 aromatic rings. The molecule has 0 N–H and O–H groups in total. The maximum Gasteiger partial charge on any atom is 0.105 e. The molecule has 13 heavy (non-hydrogen) atoms. The van der Waals surface area contributed by atoms with Crippen LogP contribution in [0.15, 0.2) is 11.8 Å². The van der Waals surface area contributed by atoms with Crippen molar-refractivity contribution in [2.24, 2.45) is 13.0 Å². The van der Waals surface area contributed by atoms with E-state index in [1.165, 1.54) is 10.4 Å². The van der Waals surface area contributed by atoms with E-state index in [4.69, 9.17) is 11.6 Å². The summed E-state index contributed by atoms with van der Waals surface area (Å²) in [6.45, 7) is 4.23. The van der Waals surface area contributed by atoms with Gasteiger partial charge in [-0.1, -0.05) is 19.4 Å². The fourth-order valence-corrected chi connectivity index (χ4v) is 1.36. The summed E-state index contributed by atoms with van der Waals surface area (Å²) in [6, 6.07) is 0. The van der Waals surface area contributed by atoms with Crippen molar-refractivity contribution in [2.45, 2.75) is 13.8 Å². The van der Waals surface area contributed by atoms with Crippen LogP contribution >= 0.6 is 11.6 Å². The summed E-state index contributed by atoms with van der Waals surface area (Å²) in [6.07, 6.45) is 3.72. The summed E-state index contributed by atoms with van der Waals surface area (Å²) < 4.78 is 0. The lowest BCUT2D eigenvalue weighted by Crippen LogP contribution is -1.96. The Kier molecular flexibility index (Phi) is 3.48. The van der Waals surface area contributed by atoms with Crippen LogP contribution in [-0.4, -0.2) is 20.9 Å². The van der Waals surface area contributed by atoms with Gasteiger partial charge >= 0.3 is 0 Å². The number of allylic oxidation sites excluding steroid dienone is 1. The van der Waals surface area contributed by atoms with Crippen LogP contribution in [0.4, 0.5) is 0 Å². The summed E-state index contributed by atoms with van der Waals surface area (Å²) in [4.78, 5) is 1.54. The van der Waals surface area contributed by atoms with Gasteiger partial charge in [-0.2, -0.15) is 15.0 Å². The Morgan fingerprint density at radius 2 is 2.38 bits per heavy atom. The summed E-state index contributed by atoms with van der Waals surface area (Å²) >= 11 is 5.80. The van der Waals surface area contributed by atoms with Crippen LogP contribution in [0.1, 0.15) is 19.5 Å². The van der Waals surface area contributed by atoms with Gasteiger partial charge in [-0.05, 0) is 12.0 Å². The van der Waals surface area contributed by atoms with Gasteiger partial charge in [0.05, 0.1) is 6.20 Å². The largest absolute Gasteiger partial charge is 0.187 e. The Hall–Kier alpha value is -0.830. The minimum Gasteiger partial charge on any atom is -0.187 e. The summed E-state index contributed by atoms with van der Waals surface area (Å²) in [5.74, 6) is 1.01. The lowest BCUT2D eigenvalue weighted by atomic mass is 10.0. The third-order valence-electron chi connectivity index (χ3n) is 1.85. The molecule has 0 saturated carbocycles. The Morgan fingerprint density at radius 1 is 1.69 bits per heavy atom. The predicted molar refractivity (Wildman–Crippen MR) is 54.5 cm³/mol. The molecule has 0 bridgehead atoms. The summed E-state index contributed by atoms with van der Waals surface area (Å²) in [5.41, 5.74) is 2.05. The highest BCUT2D eigenvalue weighted by atomic mass is 35.5. The van der Waals surface area contributed by atoms with E-state index in [1.807, 2.05) is 6.08 Å². The van der Waals surface area contributed by atoms with Crippen molar-refractivity contribution in [3.05, 3.63) is 17.5 Å².